The first-order valence-electron chi connectivity index (χ1n) is 8.48. The van der Waals surface area contributed by atoms with Crippen LogP contribution in [0.25, 0.3) is 0 Å². The maximum Gasteiger partial charge on any atom is 0.343 e. The van der Waals surface area contributed by atoms with Crippen LogP contribution in [0, 0.1) is 0 Å². The van der Waals surface area contributed by atoms with E-state index in [9.17, 15) is 9.59 Å². The maximum atomic E-state index is 12.1. The third kappa shape index (κ3) is 6.81. The molecule has 7 nitrogen and oxygen atoms in total. The molecule has 0 spiro atoms. The van der Waals surface area contributed by atoms with Gasteiger partial charge in [0.15, 0.2) is 6.61 Å². The molecule has 0 heterocycles. The Morgan fingerprint density at radius 1 is 1.00 bits per heavy atom. The molecule has 2 rings (SSSR count). The summed E-state index contributed by atoms with van der Waals surface area (Å²) in [6, 6.07) is 13.8. The van der Waals surface area contributed by atoms with Crippen LogP contribution >= 0.6 is 0 Å². The van der Waals surface area contributed by atoms with Gasteiger partial charge >= 0.3 is 5.97 Å². The number of ether oxygens (including phenoxy) is 3. The van der Waals surface area contributed by atoms with E-state index in [1.807, 2.05) is 6.92 Å². The summed E-state index contributed by atoms with van der Waals surface area (Å²) in [6.45, 7) is 2.52. The fraction of sp³-hybridized carbons (Fsp3) is 0.250. The fourth-order valence-electron chi connectivity index (χ4n) is 2.00. The molecule has 0 radical (unpaired) electrons. The van der Waals surface area contributed by atoms with Gasteiger partial charge in [-0.15, -0.1) is 0 Å². The molecule has 142 valence electrons. The number of hydrazone groups is 1. The number of hydrogen-bond acceptors (Lipinski definition) is 6. The number of nitrogens with zero attached hydrogens (tertiary/aromatic N) is 1. The minimum atomic E-state index is -0.451. The van der Waals surface area contributed by atoms with Crippen LogP contribution in [-0.2, 0) is 9.53 Å². The summed E-state index contributed by atoms with van der Waals surface area (Å²) < 4.78 is 15.2. The molecule has 0 atom stereocenters. The van der Waals surface area contributed by atoms with Crippen LogP contribution in [0.5, 0.6) is 11.5 Å². The number of methoxy groups -OCH3 is 1. The Labute approximate surface area is 157 Å². The number of benzene rings is 2. The molecule has 0 saturated carbocycles. The topological polar surface area (TPSA) is 86.2 Å². The summed E-state index contributed by atoms with van der Waals surface area (Å²) in [5.74, 6) is 0.498. The normalized spacial score (nSPS) is 10.4. The average Bonchev–Trinajstić information content (AvgIpc) is 2.71. The van der Waals surface area contributed by atoms with E-state index >= 15 is 0 Å². The molecule has 27 heavy (non-hydrogen) atoms. The summed E-state index contributed by atoms with van der Waals surface area (Å²) in [5.41, 5.74) is 3.73. The zero-order valence-corrected chi connectivity index (χ0v) is 15.3. The van der Waals surface area contributed by atoms with Gasteiger partial charge in [0.05, 0.1) is 19.9 Å². The van der Waals surface area contributed by atoms with E-state index in [4.69, 9.17) is 9.47 Å². The Morgan fingerprint density at radius 3 is 2.26 bits per heavy atom. The Morgan fingerprint density at radius 2 is 1.63 bits per heavy atom. The highest BCUT2D eigenvalue weighted by atomic mass is 16.6. The first kappa shape index (κ1) is 20.0. The van der Waals surface area contributed by atoms with Crippen LogP contribution in [0.4, 0.5) is 0 Å². The summed E-state index contributed by atoms with van der Waals surface area (Å²) in [5, 5.41) is 3.94. The molecule has 2 aromatic carbocycles. The van der Waals surface area contributed by atoms with E-state index in [1.165, 1.54) is 13.3 Å². The van der Waals surface area contributed by atoms with E-state index in [-0.39, 0.29) is 12.5 Å². The lowest BCUT2D eigenvalue weighted by molar-refractivity contribution is -0.142. The molecule has 0 saturated heterocycles. The van der Waals surface area contributed by atoms with E-state index in [1.54, 1.807) is 48.5 Å². The molecular weight excluding hydrogens is 348 g/mol. The van der Waals surface area contributed by atoms with Crippen molar-refractivity contribution in [3.05, 3.63) is 59.7 Å². The van der Waals surface area contributed by atoms with Crippen LogP contribution in [0.15, 0.2) is 53.6 Å². The van der Waals surface area contributed by atoms with Gasteiger partial charge in [0.25, 0.3) is 5.91 Å². The summed E-state index contributed by atoms with van der Waals surface area (Å²) in [6.07, 6.45) is 2.44. The number of carbonyl (C=O) groups is 2. The molecule has 0 aliphatic rings. The number of rotatable bonds is 9. The van der Waals surface area contributed by atoms with Gasteiger partial charge in [-0.1, -0.05) is 6.92 Å². The van der Waals surface area contributed by atoms with Gasteiger partial charge in [0.2, 0.25) is 0 Å². The van der Waals surface area contributed by atoms with Crippen molar-refractivity contribution in [3.63, 3.8) is 0 Å². The van der Waals surface area contributed by atoms with Crippen LogP contribution < -0.4 is 14.9 Å². The summed E-state index contributed by atoms with van der Waals surface area (Å²) >= 11 is 0. The van der Waals surface area contributed by atoms with Crippen molar-refractivity contribution in [2.24, 2.45) is 5.10 Å². The predicted octanol–water partition coefficient (Wildman–Crippen LogP) is 2.79. The van der Waals surface area contributed by atoms with Gasteiger partial charge in [0, 0.05) is 5.56 Å². The highest BCUT2D eigenvalue weighted by Gasteiger charge is 2.04. The number of esters is 1. The molecular formula is C20H22N2O5. The first-order chi connectivity index (χ1) is 13.1. The lowest BCUT2D eigenvalue weighted by Gasteiger charge is -2.05. The molecule has 0 bridgehead atoms. The highest BCUT2D eigenvalue weighted by molar-refractivity contribution is 5.95. The Bertz CT molecular complexity index is 770. The second kappa shape index (κ2) is 10.6. The van der Waals surface area contributed by atoms with Gasteiger partial charge in [-0.05, 0) is 60.5 Å². The van der Waals surface area contributed by atoms with Crippen LogP contribution in [0.1, 0.15) is 29.3 Å². The van der Waals surface area contributed by atoms with Crippen molar-refractivity contribution in [2.45, 2.75) is 13.3 Å². The van der Waals surface area contributed by atoms with Crippen molar-refractivity contribution >= 4 is 18.1 Å². The second-order valence-electron chi connectivity index (χ2n) is 5.51. The van der Waals surface area contributed by atoms with Crippen LogP contribution in [0.2, 0.25) is 0 Å². The van der Waals surface area contributed by atoms with E-state index in [2.05, 4.69) is 15.3 Å². The SMILES string of the molecule is CCCOc1ccc(C(=O)N/N=C/c2ccc(OCC(=O)OC)cc2)cc1. The number of carbonyl (C=O) groups excluding carboxylic acids is 2. The van der Waals surface area contributed by atoms with Gasteiger partial charge in [0.1, 0.15) is 11.5 Å². The van der Waals surface area contributed by atoms with Gasteiger partial charge < -0.3 is 14.2 Å². The second-order valence-corrected chi connectivity index (χ2v) is 5.51. The average molecular weight is 370 g/mol. The van der Waals surface area contributed by atoms with Crippen molar-refractivity contribution in [1.29, 1.82) is 0 Å². The van der Waals surface area contributed by atoms with Gasteiger partial charge in [-0.3, -0.25) is 4.79 Å². The molecule has 0 unspecified atom stereocenters. The van der Waals surface area contributed by atoms with Gasteiger partial charge in [-0.2, -0.15) is 5.10 Å². The smallest absolute Gasteiger partial charge is 0.343 e. The predicted molar refractivity (Wildman–Crippen MR) is 101 cm³/mol. The van der Waals surface area contributed by atoms with Gasteiger partial charge in [-0.25, -0.2) is 10.2 Å². The van der Waals surface area contributed by atoms with Crippen LogP contribution in [0.3, 0.4) is 0 Å². The number of hydrogen-bond donors (Lipinski definition) is 1. The molecule has 1 amide bonds. The van der Waals surface area contributed by atoms with Crippen molar-refractivity contribution in [2.75, 3.05) is 20.3 Å². The zero-order chi connectivity index (χ0) is 19.5. The number of nitrogens with one attached hydrogen (secondary N) is 1. The minimum absolute atomic E-state index is 0.151. The third-order valence-electron chi connectivity index (χ3n) is 3.43. The fourth-order valence-corrected chi connectivity index (χ4v) is 2.00. The zero-order valence-electron chi connectivity index (χ0n) is 15.3. The molecule has 0 fully saturated rings. The molecule has 0 aromatic heterocycles. The van der Waals surface area contributed by atoms with Crippen molar-refractivity contribution in [3.8, 4) is 11.5 Å². The molecule has 1 N–H and O–H groups in total. The van der Waals surface area contributed by atoms with Crippen molar-refractivity contribution in [1.82, 2.24) is 5.43 Å². The molecule has 0 aliphatic heterocycles. The third-order valence-corrected chi connectivity index (χ3v) is 3.43. The van der Waals surface area contributed by atoms with E-state index < -0.39 is 5.97 Å². The largest absolute Gasteiger partial charge is 0.494 e. The van der Waals surface area contributed by atoms with Crippen molar-refractivity contribution < 1.29 is 23.8 Å². The van der Waals surface area contributed by atoms with E-state index in [0.29, 0.717) is 17.9 Å². The Hall–Kier alpha value is -3.35. The first-order valence-corrected chi connectivity index (χ1v) is 8.48. The standard InChI is InChI=1S/C20H22N2O5/c1-3-12-26-17-10-6-16(7-11-17)20(24)22-21-13-15-4-8-18(9-5-15)27-14-19(23)25-2/h4-11,13H,3,12,14H2,1-2H3,(H,22,24)/b21-13+. The quantitative estimate of drug-likeness (QED) is 0.417. The van der Waals surface area contributed by atoms with E-state index in [0.717, 1.165) is 17.7 Å². The monoisotopic (exact) mass is 370 g/mol. The lowest BCUT2D eigenvalue weighted by atomic mass is 10.2. The van der Waals surface area contributed by atoms with Crippen LogP contribution in [-0.4, -0.2) is 38.4 Å². The minimum Gasteiger partial charge on any atom is -0.494 e. The highest BCUT2D eigenvalue weighted by Crippen LogP contribution is 2.13. The molecule has 0 aliphatic carbocycles. The number of amides is 1. The maximum absolute atomic E-state index is 12.1. The Balaban J connectivity index is 1.83. The molecule has 7 heteroatoms. The summed E-state index contributed by atoms with van der Waals surface area (Å²) in [4.78, 5) is 23.1. The Kier molecular flexibility index (Phi) is 7.84. The molecule has 2 aromatic rings. The summed E-state index contributed by atoms with van der Waals surface area (Å²) in [7, 11) is 1.30. The lowest BCUT2D eigenvalue weighted by Crippen LogP contribution is -2.17.